The highest BCUT2D eigenvalue weighted by atomic mass is 19.1. The van der Waals surface area contributed by atoms with E-state index in [2.05, 4.69) is 25.3 Å². The number of aromatic amines is 1. The molecule has 4 aromatic heterocycles. The number of rotatable bonds is 3. The average molecular weight is 359 g/mol. The first-order valence-electron chi connectivity index (χ1n) is 8.43. The second-order valence-corrected chi connectivity index (χ2v) is 6.48. The van der Waals surface area contributed by atoms with Gasteiger partial charge in [-0.1, -0.05) is 17.3 Å². The molecule has 132 valence electrons. The number of halogens is 1. The van der Waals surface area contributed by atoms with Crippen molar-refractivity contribution in [2.24, 2.45) is 0 Å². The molecule has 0 bridgehead atoms. The third-order valence-corrected chi connectivity index (χ3v) is 4.72. The Kier molecular flexibility index (Phi) is 3.30. The summed E-state index contributed by atoms with van der Waals surface area (Å²) in [6.45, 7) is 1.48. The molecule has 27 heavy (non-hydrogen) atoms. The van der Waals surface area contributed by atoms with E-state index in [1.807, 2.05) is 18.2 Å². The normalized spacial score (nSPS) is 13.9. The van der Waals surface area contributed by atoms with Crippen molar-refractivity contribution in [2.75, 3.05) is 0 Å². The Bertz CT molecular complexity index is 1260. The minimum atomic E-state index is -1.86. The zero-order chi connectivity index (χ0) is 18.4. The number of nitrogens with zero attached hydrogens (tertiary/aromatic N) is 4. The molecule has 5 rings (SSSR count). The number of aromatic nitrogens is 5. The minimum Gasteiger partial charge on any atom is -0.335 e. The number of hydrogen-bond acceptors (Lipinski definition) is 5. The number of hydrogen-bond donors (Lipinski definition) is 1. The zero-order valence-corrected chi connectivity index (χ0v) is 14.3. The highest BCUT2D eigenvalue weighted by Crippen LogP contribution is 2.38. The first-order valence-corrected chi connectivity index (χ1v) is 8.43. The van der Waals surface area contributed by atoms with Crippen LogP contribution in [0.2, 0.25) is 0 Å². The minimum absolute atomic E-state index is 0.186. The first kappa shape index (κ1) is 15.6. The number of alkyl halides is 1. The molecule has 0 fully saturated rings. The Morgan fingerprint density at radius 2 is 2.04 bits per heavy atom. The lowest BCUT2D eigenvalue weighted by Crippen LogP contribution is -2.18. The SMILES string of the molecule is CC(F)(c1ccc2ncccc2c1)c1noc2ncc(-c3cc[nH]n3)cc12. The lowest BCUT2D eigenvalue weighted by atomic mass is 9.91. The highest BCUT2D eigenvalue weighted by molar-refractivity contribution is 5.83. The summed E-state index contributed by atoms with van der Waals surface area (Å²) in [4.78, 5) is 8.54. The summed E-state index contributed by atoms with van der Waals surface area (Å²) in [7, 11) is 0. The Balaban J connectivity index is 1.67. The van der Waals surface area contributed by atoms with Gasteiger partial charge in [0, 0.05) is 29.5 Å². The van der Waals surface area contributed by atoms with Crippen LogP contribution in [-0.4, -0.2) is 25.3 Å². The highest BCUT2D eigenvalue weighted by Gasteiger charge is 2.35. The second kappa shape index (κ2) is 5.70. The summed E-state index contributed by atoms with van der Waals surface area (Å²) in [5.41, 5.74) is 1.37. The summed E-state index contributed by atoms with van der Waals surface area (Å²) < 4.78 is 21.2. The molecule has 1 N–H and O–H groups in total. The molecule has 0 saturated carbocycles. The second-order valence-electron chi connectivity index (χ2n) is 6.48. The average Bonchev–Trinajstić information content (AvgIpc) is 3.37. The van der Waals surface area contributed by atoms with Crippen LogP contribution >= 0.6 is 0 Å². The van der Waals surface area contributed by atoms with Gasteiger partial charge in [0.25, 0.3) is 5.71 Å². The van der Waals surface area contributed by atoms with Crippen LogP contribution in [0.5, 0.6) is 0 Å². The number of fused-ring (bicyclic) bond motifs is 2. The van der Waals surface area contributed by atoms with Crippen LogP contribution in [-0.2, 0) is 5.67 Å². The van der Waals surface area contributed by atoms with Gasteiger partial charge in [0.15, 0.2) is 5.67 Å². The number of H-pyrrole nitrogens is 1. The first-order chi connectivity index (χ1) is 13.1. The Labute approximate surface area is 153 Å². The summed E-state index contributed by atoms with van der Waals surface area (Å²) in [6, 6.07) is 12.7. The molecule has 1 atom stereocenters. The van der Waals surface area contributed by atoms with Crippen molar-refractivity contribution >= 4 is 22.0 Å². The predicted molar refractivity (Wildman–Crippen MR) is 98.7 cm³/mol. The van der Waals surface area contributed by atoms with Crippen LogP contribution in [0.4, 0.5) is 4.39 Å². The molecule has 1 aromatic carbocycles. The molecule has 5 aromatic rings. The third-order valence-electron chi connectivity index (χ3n) is 4.72. The fourth-order valence-corrected chi connectivity index (χ4v) is 3.24. The number of benzene rings is 1. The summed E-state index contributed by atoms with van der Waals surface area (Å²) in [5.74, 6) is 0. The van der Waals surface area contributed by atoms with Crippen LogP contribution in [0.1, 0.15) is 18.2 Å². The van der Waals surface area contributed by atoms with Crippen LogP contribution in [0, 0.1) is 0 Å². The summed E-state index contributed by atoms with van der Waals surface area (Å²) >= 11 is 0. The molecule has 0 saturated heterocycles. The smallest absolute Gasteiger partial charge is 0.258 e. The van der Waals surface area contributed by atoms with Gasteiger partial charge in [-0.05, 0) is 42.8 Å². The Hall–Kier alpha value is -3.61. The molecule has 0 aliphatic heterocycles. The molecule has 1 unspecified atom stereocenters. The molecule has 0 radical (unpaired) electrons. The molecule has 4 heterocycles. The Morgan fingerprint density at radius 3 is 2.89 bits per heavy atom. The maximum absolute atomic E-state index is 15.9. The standard InChI is InChI=1S/C20H14FN5O/c1-20(21,14-4-5-16-12(9-14)3-2-7-22-16)18-15-10-13(17-6-8-24-25-17)11-23-19(15)27-26-18/h2-11H,1H3,(H,24,25). The van der Waals surface area contributed by atoms with Crippen molar-refractivity contribution in [3.05, 3.63) is 72.3 Å². The molecule has 7 heteroatoms. The van der Waals surface area contributed by atoms with Gasteiger partial charge >= 0.3 is 0 Å². The van der Waals surface area contributed by atoms with E-state index in [0.717, 1.165) is 16.5 Å². The number of nitrogens with one attached hydrogen (secondary N) is 1. The quantitative estimate of drug-likeness (QED) is 0.517. The van der Waals surface area contributed by atoms with Crippen molar-refractivity contribution < 1.29 is 8.91 Å². The summed E-state index contributed by atoms with van der Waals surface area (Å²) in [6.07, 6.45) is 5.06. The third kappa shape index (κ3) is 2.47. The van der Waals surface area contributed by atoms with E-state index in [9.17, 15) is 0 Å². The maximum atomic E-state index is 15.9. The van der Waals surface area contributed by atoms with Gasteiger partial charge in [-0.15, -0.1) is 0 Å². The van der Waals surface area contributed by atoms with Crippen molar-refractivity contribution in [3.63, 3.8) is 0 Å². The molecule has 0 aliphatic carbocycles. The topological polar surface area (TPSA) is 80.5 Å². The van der Waals surface area contributed by atoms with Crippen LogP contribution < -0.4 is 0 Å². The maximum Gasteiger partial charge on any atom is 0.258 e. The lowest BCUT2D eigenvalue weighted by molar-refractivity contribution is 0.235. The number of pyridine rings is 2. The molecule has 0 spiro atoms. The van der Waals surface area contributed by atoms with E-state index in [1.54, 1.807) is 42.9 Å². The van der Waals surface area contributed by atoms with Gasteiger partial charge in [-0.25, -0.2) is 9.37 Å². The summed E-state index contributed by atoms with van der Waals surface area (Å²) in [5, 5.41) is 12.3. The molecule has 0 aliphatic rings. The molecule has 0 amide bonds. The largest absolute Gasteiger partial charge is 0.335 e. The van der Waals surface area contributed by atoms with E-state index in [1.165, 1.54) is 6.92 Å². The van der Waals surface area contributed by atoms with Gasteiger partial charge in [0.1, 0.15) is 5.69 Å². The van der Waals surface area contributed by atoms with Crippen molar-refractivity contribution in [3.8, 4) is 11.3 Å². The van der Waals surface area contributed by atoms with Gasteiger partial charge in [-0.3, -0.25) is 10.1 Å². The Morgan fingerprint density at radius 1 is 1.11 bits per heavy atom. The zero-order valence-electron chi connectivity index (χ0n) is 14.3. The van der Waals surface area contributed by atoms with Crippen molar-refractivity contribution in [1.29, 1.82) is 0 Å². The molecular weight excluding hydrogens is 345 g/mol. The van der Waals surface area contributed by atoms with Crippen LogP contribution in [0.15, 0.2) is 65.6 Å². The van der Waals surface area contributed by atoms with Gasteiger partial charge in [-0.2, -0.15) is 5.10 Å². The fraction of sp³-hybridized carbons (Fsp3) is 0.100. The van der Waals surface area contributed by atoms with Crippen molar-refractivity contribution in [1.82, 2.24) is 25.3 Å². The van der Waals surface area contributed by atoms with E-state index in [4.69, 9.17) is 4.52 Å². The van der Waals surface area contributed by atoms with E-state index in [0.29, 0.717) is 16.6 Å². The lowest BCUT2D eigenvalue weighted by Gasteiger charge is -2.19. The van der Waals surface area contributed by atoms with Gasteiger partial charge < -0.3 is 4.52 Å². The predicted octanol–water partition coefficient (Wildman–Crippen LogP) is 4.39. The van der Waals surface area contributed by atoms with E-state index >= 15 is 4.39 Å². The van der Waals surface area contributed by atoms with E-state index < -0.39 is 5.67 Å². The molecular formula is C20H14FN5O. The van der Waals surface area contributed by atoms with Gasteiger partial charge in [0.2, 0.25) is 0 Å². The van der Waals surface area contributed by atoms with Gasteiger partial charge in [0.05, 0.1) is 16.6 Å². The molecule has 6 nitrogen and oxygen atoms in total. The van der Waals surface area contributed by atoms with Crippen LogP contribution in [0.25, 0.3) is 33.3 Å². The van der Waals surface area contributed by atoms with Crippen LogP contribution in [0.3, 0.4) is 0 Å². The fourth-order valence-electron chi connectivity index (χ4n) is 3.24. The van der Waals surface area contributed by atoms with E-state index in [-0.39, 0.29) is 11.4 Å². The monoisotopic (exact) mass is 359 g/mol. The van der Waals surface area contributed by atoms with Crippen molar-refractivity contribution in [2.45, 2.75) is 12.6 Å².